The lowest BCUT2D eigenvalue weighted by atomic mass is 10.1. The molecular formula is C14H22N2O2S. The van der Waals surface area contributed by atoms with E-state index in [1.165, 1.54) is 0 Å². The van der Waals surface area contributed by atoms with Crippen LogP contribution in [0.15, 0.2) is 18.2 Å². The predicted octanol–water partition coefficient (Wildman–Crippen LogP) is 2.63. The molecule has 1 aromatic carbocycles. The summed E-state index contributed by atoms with van der Waals surface area (Å²) in [5.41, 5.74) is 7.70. The lowest BCUT2D eigenvalue weighted by molar-refractivity contribution is 0.0527. The molecule has 1 rings (SSSR count). The third kappa shape index (κ3) is 4.67. The van der Waals surface area contributed by atoms with Crippen LogP contribution in [0.5, 0.6) is 0 Å². The van der Waals surface area contributed by atoms with Gasteiger partial charge in [-0.2, -0.15) is 11.8 Å². The van der Waals surface area contributed by atoms with Crippen LogP contribution in [0, 0.1) is 0 Å². The maximum atomic E-state index is 11.8. The second-order valence-electron chi connectivity index (χ2n) is 4.26. The number of benzene rings is 1. The van der Waals surface area contributed by atoms with Gasteiger partial charge >= 0.3 is 5.97 Å². The predicted molar refractivity (Wildman–Crippen MR) is 83.1 cm³/mol. The molecule has 2 N–H and O–H groups in total. The van der Waals surface area contributed by atoms with Gasteiger partial charge < -0.3 is 15.4 Å². The van der Waals surface area contributed by atoms with Crippen molar-refractivity contribution in [1.82, 2.24) is 0 Å². The van der Waals surface area contributed by atoms with Crippen LogP contribution in [0.3, 0.4) is 0 Å². The minimum atomic E-state index is -0.362. The van der Waals surface area contributed by atoms with Crippen LogP contribution in [-0.4, -0.2) is 38.2 Å². The average molecular weight is 282 g/mol. The van der Waals surface area contributed by atoms with Gasteiger partial charge in [0.1, 0.15) is 0 Å². The van der Waals surface area contributed by atoms with Crippen molar-refractivity contribution in [3.05, 3.63) is 23.8 Å². The van der Waals surface area contributed by atoms with E-state index >= 15 is 0 Å². The summed E-state index contributed by atoms with van der Waals surface area (Å²) in [5.74, 6) is 0.767. The van der Waals surface area contributed by atoms with E-state index in [2.05, 4.69) is 11.2 Å². The molecule has 0 atom stereocenters. The number of carbonyl (C=O) groups excluding carboxylic acids is 1. The number of carbonyl (C=O) groups is 1. The minimum absolute atomic E-state index is 0.353. The van der Waals surface area contributed by atoms with Gasteiger partial charge in [0.2, 0.25) is 0 Å². The second-order valence-corrected chi connectivity index (χ2v) is 5.25. The van der Waals surface area contributed by atoms with Crippen LogP contribution in [0.1, 0.15) is 23.7 Å². The molecule has 0 aromatic heterocycles. The molecule has 5 heteroatoms. The van der Waals surface area contributed by atoms with Crippen molar-refractivity contribution in [2.75, 3.05) is 42.8 Å². The first-order valence-electron chi connectivity index (χ1n) is 6.36. The fourth-order valence-corrected chi connectivity index (χ4v) is 2.16. The van der Waals surface area contributed by atoms with Gasteiger partial charge in [-0.3, -0.25) is 0 Å². The van der Waals surface area contributed by atoms with Crippen LogP contribution in [0.25, 0.3) is 0 Å². The third-order valence-corrected chi connectivity index (χ3v) is 3.51. The highest BCUT2D eigenvalue weighted by atomic mass is 32.2. The highest BCUT2D eigenvalue weighted by Crippen LogP contribution is 2.21. The molecule has 0 aliphatic carbocycles. The number of nitrogen functional groups attached to an aromatic ring is 1. The normalized spacial score (nSPS) is 10.3. The summed E-state index contributed by atoms with van der Waals surface area (Å²) >= 11 is 1.84. The van der Waals surface area contributed by atoms with E-state index in [4.69, 9.17) is 10.5 Å². The van der Waals surface area contributed by atoms with Gasteiger partial charge in [0.15, 0.2) is 0 Å². The van der Waals surface area contributed by atoms with E-state index in [9.17, 15) is 4.79 Å². The Morgan fingerprint density at radius 3 is 2.84 bits per heavy atom. The Morgan fingerprint density at radius 2 is 2.21 bits per heavy atom. The molecule has 0 aliphatic rings. The first-order valence-corrected chi connectivity index (χ1v) is 7.76. The molecule has 0 aliphatic heterocycles. The summed E-state index contributed by atoms with van der Waals surface area (Å²) in [6.45, 7) is 3.09. The molecule has 0 spiro atoms. The highest BCUT2D eigenvalue weighted by molar-refractivity contribution is 7.98. The van der Waals surface area contributed by atoms with Crippen molar-refractivity contribution in [1.29, 1.82) is 0 Å². The summed E-state index contributed by atoms with van der Waals surface area (Å²) in [6.07, 6.45) is 3.21. The molecule has 0 saturated heterocycles. The zero-order chi connectivity index (χ0) is 14.3. The number of nitrogens with two attached hydrogens (primary N) is 1. The lowest BCUT2D eigenvalue weighted by Crippen LogP contribution is -2.20. The fourth-order valence-electron chi connectivity index (χ4n) is 1.74. The first kappa shape index (κ1) is 15.7. The smallest absolute Gasteiger partial charge is 0.340 e. The molecule has 0 amide bonds. The Morgan fingerprint density at radius 1 is 1.47 bits per heavy atom. The number of thioether (sulfide) groups is 1. The summed E-state index contributed by atoms with van der Waals surface area (Å²) < 4.78 is 5.00. The summed E-state index contributed by atoms with van der Waals surface area (Å²) in [6, 6.07) is 5.48. The van der Waals surface area contributed by atoms with E-state index in [1.807, 2.05) is 24.9 Å². The molecule has 0 heterocycles. The van der Waals surface area contributed by atoms with Crippen LogP contribution in [0.2, 0.25) is 0 Å². The number of ether oxygens (including phenoxy) is 1. The molecule has 0 saturated carbocycles. The standard InChI is InChI=1S/C14H22N2O2S/c1-4-18-14(17)12-10-11(6-7-13(12)15)16(2)8-5-9-19-3/h6-7,10H,4-5,8-9,15H2,1-3H3. The zero-order valence-electron chi connectivity index (χ0n) is 11.8. The highest BCUT2D eigenvalue weighted by Gasteiger charge is 2.12. The number of anilines is 2. The monoisotopic (exact) mass is 282 g/mol. The SMILES string of the molecule is CCOC(=O)c1cc(N(C)CCCSC)ccc1N. The van der Waals surface area contributed by atoms with Crippen molar-refractivity contribution in [2.45, 2.75) is 13.3 Å². The van der Waals surface area contributed by atoms with Crippen molar-refractivity contribution < 1.29 is 9.53 Å². The number of esters is 1. The number of hydrogen-bond acceptors (Lipinski definition) is 5. The molecule has 0 fully saturated rings. The van der Waals surface area contributed by atoms with E-state index in [0.717, 1.165) is 24.4 Å². The van der Waals surface area contributed by atoms with Crippen molar-refractivity contribution >= 4 is 29.1 Å². The fraction of sp³-hybridized carbons (Fsp3) is 0.500. The van der Waals surface area contributed by atoms with Crippen LogP contribution < -0.4 is 10.6 Å². The van der Waals surface area contributed by atoms with E-state index in [0.29, 0.717) is 17.9 Å². The minimum Gasteiger partial charge on any atom is -0.462 e. The Kier molecular flexibility index (Phi) is 6.56. The molecule has 0 radical (unpaired) electrons. The molecule has 1 aromatic rings. The molecular weight excluding hydrogens is 260 g/mol. The van der Waals surface area contributed by atoms with Gasteiger partial charge in [-0.05, 0) is 43.6 Å². The Hall–Kier alpha value is -1.36. The molecule has 19 heavy (non-hydrogen) atoms. The molecule has 4 nitrogen and oxygen atoms in total. The summed E-state index contributed by atoms with van der Waals surface area (Å²) in [4.78, 5) is 13.9. The Bertz CT molecular complexity index is 424. The second kappa shape index (κ2) is 7.94. The summed E-state index contributed by atoms with van der Waals surface area (Å²) in [7, 11) is 2.01. The van der Waals surface area contributed by atoms with Gasteiger partial charge in [-0.25, -0.2) is 4.79 Å². The van der Waals surface area contributed by atoms with E-state index in [1.54, 1.807) is 19.1 Å². The maximum absolute atomic E-state index is 11.8. The van der Waals surface area contributed by atoms with Crippen LogP contribution in [0.4, 0.5) is 11.4 Å². The number of rotatable bonds is 7. The van der Waals surface area contributed by atoms with E-state index < -0.39 is 0 Å². The molecule has 106 valence electrons. The topological polar surface area (TPSA) is 55.6 Å². The van der Waals surface area contributed by atoms with Gasteiger partial charge in [0.05, 0.1) is 12.2 Å². The summed E-state index contributed by atoms with van der Waals surface area (Å²) in [5, 5.41) is 0. The Balaban J connectivity index is 2.80. The number of nitrogens with zero attached hydrogens (tertiary/aromatic N) is 1. The Labute approximate surface area is 119 Å². The lowest BCUT2D eigenvalue weighted by Gasteiger charge is -2.20. The molecule has 0 bridgehead atoms. The van der Waals surface area contributed by atoms with E-state index in [-0.39, 0.29) is 5.97 Å². The van der Waals surface area contributed by atoms with Gasteiger partial charge in [-0.1, -0.05) is 0 Å². The zero-order valence-corrected chi connectivity index (χ0v) is 12.6. The number of hydrogen-bond donors (Lipinski definition) is 1. The van der Waals surface area contributed by atoms with Gasteiger partial charge in [0.25, 0.3) is 0 Å². The third-order valence-electron chi connectivity index (χ3n) is 2.81. The maximum Gasteiger partial charge on any atom is 0.340 e. The van der Waals surface area contributed by atoms with Crippen molar-refractivity contribution in [3.63, 3.8) is 0 Å². The molecule has 0 unspecified atom stereocenters. The van der Waals surface area contributed by atoms with Gasteiger partial charge in [0, 0.05) is 25.0 Å². The largest absolute Gasteiger partial charge is 0.462 e. The van der Waals surface area contributed by atoms with Gasteiger partial charge in [-0.15, -0.1) is 0 Å². The van der Waals surface area contributed by atoms with Crippen molar-refractivity contribution in [2.24, 2.45) is 0 Å². The van der Waals surface area contributed by atoms with Crippen LogP contribution >= 0.6 is 11.8 Å². The average Bonchev–Trinajstić information content (AvgIpc) is 2.39. The van der Waals surface area contributed by atoms with Crippen molar-refractivity contribution in [3.8, 4) is 0 Å². The van der Waals surface area contributed by atoms with Crippen LogP contribution in [-0.2, 0) is 4.74 Å². The first-order chi connectivity index (χ1) is 9.10. The quantitative estimate of drug-likeness (QED) is 0.473.